The molecule has 2 N–H and O–H groups in total. The Bertz CT molecular complexity index is 625. The fourth-order valence-electron chi connectivity index (χ4n) is 3.53. The van der Waals surface area contributed by atoms with Gasteiger partial charge < -0.3 is 5.73 Å². The zero-order chi connectivity index (χ0) is 13.8. The third-order valence-electron chi connectivity index (χ3n) is 4.57. The molecule has 4 nitrogen and oxygen atoms in total. The van der Waals surface area contributed by atoms with E-state index in [2.05, 4.69) is 0 Å². The summed E-state index contributed by atoms with van der Waals surface area (Å²) in [5, 5.41) is 0. The molecule has 1 aliphatic heterocycles. The van der Waals surface area contributed by atoms with E-state index < -0.39 is 10.0 Å². The van der Waals surface area contributed by atoms with Crippen LogP contribution < -0.4 is 5.73 Å². The Balaban J connectivity index is 2.09. The lowest BCUT2D eigenvalue weighted by atomic mass is 10.1. The molecule has 104 valence electrons. The van der Waals surface area contributed by atoms with E-state index in [9.17, 15) is 8.42 Å². The molecular weight excluding hydrogens is 260 g/mol. The van der Waals surface area contributed by atoms with Gasteiger partial charge in [-0.2, -0.15) is 4.31 Å². The fraction of sp³-hybridized carbons (Fsp3) is 0.571. The predicted molar refractivity (Wildman–Crippen MR) is 75.3 cm³/mol. The Hall–Kier alpha value is -1.07. The van der Waals surface area contributed by atoms with Crippen LogP contribution in [0.2, 0.25) is 0 Å². The first-order valence-electron chi connectivity index (χ1n) is 6.79. The molecule has 2 aliphatic rings. The Kier molecular flexibility index (Phi) is 2.87. The van der Waals surface area contributed by atoms with E-state index in [1.54, 1.807) is 23.4 Å². The SMILES string of the molecule is Cc1ccc(N)c(C)c1S(=O)(=O)N1CC2CCC1C2. The zero-order valence-electron chi connectivity index (χ0n) is 11.4. The molecule has 1 saturated heterocycles. The molecule has 1 aliphatic carbocycles. The summed E-state index contributed by atoms with van der Waals surface area (Å²) in [5.74, 6) is 0.557. The van der Waals surface area contributed by atoms with Gasteiger partial charge in [-0.3, -0.25) is 0 Å². The summed E-state index contributed by atoms with van der Waals surface area (Å²) >= 11 is 0. The van der Waals surface area contributed by atoms with Crippen molar-refractivity contribution in [3.8, 4) is 0 Å². The van der Waals surface area contributed by atoms with E-state index in [1.165, 1.54) is 6.42 Å². The van der Waals surface area contributed by atoms with E-state index in [4.69, 9.17) is 5.73 Å². The Morgan fingerprint density at radius 1 is 1.26 bits per heavy atom. The molecule has 2 bridgehead atoms. The van der Waals surface area contributed by atoms with Gasteiger partial charge in [0.1, 0.15) is 0 Å². The summed E-state index contributed by atoms with van der Waals surface area (Å²) in [5.41, 5.74) is 7.90. The van der Waals surface area contributed by atoms with Crippen molar-refractivity contribution in [3.05, 3.63) is 23.3 Å². The third-order valence-corrected chi connectivity index (χ3v) is 6.78. The Morgan fingerprint density at radius 3 is 2.58 bits per heavy atom. The van der Waals surface area contributed by atoms with Crippen molar-refractivity contribution in [2.75, 3.05) is 12.3 Å². The molecule has 0 amide bonds. The molecule has 1 aromatic rings. The van der Waals surface area contributed by atoms with Crippen molar-refractivity contribution in [1.82, 2.24) is 4.31 Å². The average molecular weight is 280 g/mol. The molecule has 2 atom stereocenters. The number of nitrogens with two attached hydrogens (primary N) is 1. The summed E-state index contributed by atoms with van der Waals surface area (Å²) in [6, 6.07) is 3.78. The summed E-state index contributed by atoms with van der Waals surface area (Å²) < 4.78 is 27.5. The molecule has 5 heteroatoms. The van der Waals surface area contributed by atoms with Crippen molar-refractivity contribution in [1.29, 1.82) is 0 Å². The van der Waals surface area contributed by atoms with Gasteiger partial charge in [0.2, 0.25) is 10.0 Å². The number of anilines is 1. The van der Waals surface area contributed by atoms with Crippen molar-refractivity contribution >= 4 is 15.7 Å². The van der Waals surface area contributed by atoms with Gasteiger partial charge >= 0.3 is 0 Å². The van der Waals surface area contributed by atoms with Crippen molar-refractivity contribution in [3.63, 3.8) is 0 Å². The van der Waals surface area contributed by atoms with Crippen LogP contribution in [0.25, 0.3) is 0 Å². The van der Waals surface area contributed by atoms with Crippen LogP contribution in [0.4, 0.5) is 5.69 Å². The summed E-state index contributed by atoms with van der Waals surface area (Å²) in [7, 11) is -3.40. The van der Waals surface area contributed by atoms with E-state index in [0.717, 1.165) is 18.4 Å². The lowest BCUT2D eigenvalue weighted by Gasteiger charge is -2.27. The molecule has 3 rings (SSSR count). The van der Waals surface area contributed by atoms with Crippen LogP contribution in [0.3, 0.4) is 0 Å². The smallest absolute Gasteiger partial charge is 0.243 e. The predicted octanol–water partition coefficient (Wildman–Crippen LogP) is 2.06. The van der Waals surface area contributed by atoms with Crippen LogP contribution in [-0.4, -0.2) is 25.3 Å². The highest BCUT2D eigenvalue weighted by atomic mass is 32.2. The van der Waals surface area contributed by atoms with E-state index >= 15 is 0 Å². The van der Waals surface area contributed by atoms with Gasteiger partial charge in [-0.15, -0.1) is 0 Å². The van der Waals surface area contributed by atoms with Crippen LogP contribution in [0, 0.1) is 19.8 Å². The van der Waals surface area contributed by atoms with Crippen LogP contribution in [-0.2, 0) is 10.0 Å². The first-order valence-corrected chi connectivity index (χ1v) is 8.23. The summed E-state index contributed by atoms with van der Waals surface area (Å²) in [6.07, 6.45) is 3.20. The number of hydrogen-bond acceptors (Lipinski definition) is 3. The second kappa shape index (κ2) is 4.21. The molecule has 0 aromatic heterocycles. The standard InChI is InChI=1S/C14H20N2O2S/c1-9-3-6-13(15)10(2)14(9)19(17,18)16-8-11-4-5-12(16)7-11/h3,6,11-12H,4-5,7-8,15H2,1-2H3. The second-order valence-electron chi connectivity index (χ2n) is 5.83. The van der Waals surface area contributed by atoms with Crippen LogP contribution in [0.15, 0.2) is 17.0 Å². The highest BCUT2D eigenvalue weighted by Gasteiger charge is 2.45. The van der Waals surface area contributed by atoms with Gasteiger partial charge in [0, 0.05) is 18.3 Å². The maximum Gasteiger partial charge on any atom is 0.243 e. The number of rotatable bonds is 2. The molecule has 19 heavy (non-hydrogen) atoms. The molecule has 2 unspecified atom stereocenters. The number of hydrogen-bond donors (Lipinski definition) is 1. The maximum absolute atomic E-state index is 12.9. The first-order chi connectivity index (χ1) is 8.91. The lowest BCUT2D eigenvalue weighted by Crippen LogP contribution is -2.38. The highest BCUT2D eigenvalue weighted by molar-refractivity contribution is 7.89. The minimum absolute atomic E-state index is 0.204. The number of aryl methyl sites for hydroxylation is 1. The summed E-state index contributed by atoms with van der Waals surface area (Å²) in [4.78, 5) is 0.417. The largest absolute Gasteiger partial charge is 0.398 e. The van der Waals surface area contributed by atoms with Crippen molar-refractivity contribution in [2.45, 2.75) is 44.0 Å². The molecule has 2 fully saturated rings. The third kappa shape index (κ3) is 1.87. The molecule has 1 aromatic carbocycles. The van der Waals surface area contributed by atoms with Gasteiger partial charge in [-0.05, 0) is 56.2 Å². The number of nitrogen functional groups attached to an aromatic ring is 1. The van der Waals surface area contributed by atoms with Crippen LogP contribution in [0.1, 0.15) is 30.4 Å². The van der Waals surface area contributed by atoms with E-state index in [1.807, 2.05) is 6.92 Å². The molecule has 1 saturated carbocycles. The minimum Gasteiger partial charge on any atom is -0.398 e. The van der Waals surface area contributed by atoms with Gasteiger partial charge in [0.15, 0.2) is 0 Å². The number of benzene rings is 1. The normalized spacial score (nSPS) is 27.1. The highest BCUT2D eigenvalue weighted by Crippen LogP contribution is 2.41. The molecular formula is C14H20N2O2S. The first kappa shape index (κ1) is 12.9. The van der Waals surface area contributed by atoms with Crippen LogP contribution in [0.5, 0.6) is 0 Å². The van der Waals surface area contributed by atoms with Gasteiger partial charge in [0.05, 0.1) is 4.90 Å². The van der Waals surface area contributed by atoms with Crippen molar-refractivity contribution < 1.29 is 8.42 Å². The number of nitrogens with zero attached hydrogens (tertiary/aromatic N) is 1. The van der Waals surface area contributed by atoms with E-state index in [0.29, 0.717) is 28.6 Å². The molecule has 0 spiro atoms. The topological polar surface area (TPSA) is 63.4 Å². The number of piperidine rings is 1. The summed E-state index contributed by atoms with van der Waals surface area (Å²) in [6.45, 7) is 4.32. The minimum atomic E-state index is -3.40. The fourth-order valence-corrected chi connectivity index (χ4v) is 5.74. The van der Waals surface area contributed by atoms with Gasteiger partial charge in [-0.25, -0.2) is 8.42 Å². The zero-order valence-corrected chi connectivity index (χ0v) is 12.2. The average Bonchev–Trinajstić information content (AvgIpc) is 2.96. The van der Waals surface area contributed by atoms with Crippen molar-refractivity contribution in [2.24, 2.45) is 5.92 Å². The maximum atomic E-state index is 12.9. The molecule has 1 heterocycles. The number of fused-ring (bicyclic) bond motifs is 2. The quantitative estimate of drug-likeness (QED) is 0.843. The molecule has 0 radical (unpaired) electrons. The Labute approximate surface area is 114 Å². The Morgan fingerprint density at radius 2 is 2.00 bits per heavy atom. The second-order valence-corrected chi connectivity index (χ2v) is 7.66. The van der Waals surface area contributed by atoms with Crippen LogP contribution >= 0.6 is 0 Å². The number of sulfonamides is 1. The van der Waals surface area contributed by atoms with Gasteiger partial charge in [-0.1, -0.05) is 6.07 Å². The monoisotopic (exact) mass is 280 g/mol. The van der Waals surface area contributed by atoms with Gasteiger partial charge in [0.25, 0.3) is 0 Å². The van der Waals surface area contributed by atoms with E-state index in [-0.39, 0.29) is 6.04 Å². The lowest BCUT2D eigenvalue weighted by molar-refractivity contribution is 0.333.